The van der Waals surface area contributed by atoms with Gasteiger partial charge in [0.25, 0.3) is 0 Å². The molecule has 0 unspecified atom stereocenters. The average molecular weight is 231 g/mol. The molecule has 0 saturated heterocycles. The van der Waals surface area contributed by atoms with Gasteiger partial charge in [0.15, 0.2) is 0 Å². The van der Waals surface area contributed by atoms with Crippen LogP contribution in [0.5, 0.6) is 0 Å². The summed E-state index contributed by atoms with van der Waals surface area (Å²) in [5.41, 5.74) is 2.81. The van der Waals surface area contributed by atoms with Crippen molar-refractivity contribution in [3.63, 3.8) is 0 Å². The first kappa shape index (κ1) is 11.0. The van der Waals surface area contributed by atoms with E-state index in [1.807, 2.05) is 42.6 Å². The molecule has 1 aromatic heterocycles. The van der Waals surface area contributed by atoms with Crippen LogP contribution >= 0.6 is 12.6 Å². The second-order valence-electron chi connectivity index (χ2n) is 3.57. The molecule has 0 saturated carbocycles. The summed E-state index contributed by atoms with van der Waals surface area (Å²) < 4.78 is 2.05. The molecule has 0 amide bonds. The average Bonchev–Trinajstić information content (AvgIpc) is 2.74. The summed E-state index contributed by atoms with van der Waals surface area (Å²) in [6, 6.07) is 11.9. The molecular formula is C13H13NOS. The first-order chi connectivity index (χ1) is 7.72. The van der Waals surface area contributed by atoms with E-state index in [-0.39, 0.29) is 5.12 Å². The van der Waals surface area contributed by atoms with Gasteiger partial charge in [0, 0.05) is 24.0 Å². The van der Waals surface area contributed by atoms with Crippen molar-refractivity contribution in [3.8, 4) is 11.3 Å². The number of aromatic nitrogens is 1. The van der Waals surface area contributed by atoms with E-state index < -0.39 is 0 Å². The number of benzene rings is 1. The predicted octanol–water partition coefficient (Wildman–Crippen LogP) is 3.25. The standard InChI is InChI=1S/C13H13NOS/c1-2-14-9-11(13(15)16)8-12(14)10-6-4-3-5-7-10/h3-9H,2H2,1H3,(H,15,16). The van der Waals surface area contributed by atoms with E-state index in [1.54, 1.807) is 0 Å². The van der Waals surface area contributed by atoms with Crippen molar-refractivity contribution in [2.45, 2.75) is 13.5 Å². The monoisotopic (exact) mass is 231 g/mol. The van der Waals surface area contributed by atoms with Crippen LogP contribution in [-0.4, -0.2) is 9.68 Å². The van der Waals surface area contributed by atoms with Gasteiger partial charge in [-0.1, -0.05) is 30.3 Å². The van der Waals surface area contributed by atoms with E-state index in [0.29, 0.717) is 5.56 Å². The minimum Gasteiger partial charge on any atom is -0.347 e. The third-order valence-electron chi connectivity index (χ3n) is 2.55. The van der Waals surface area contributed by atoms with Gasteiger partial charge >= 0.3 is 0 Å². The van der Waals surface area contributed by atoms with Crippen molar-refractivity contribution in [1.29, 1.82) is 0 Å². The highest BCUT2D eigenvalue weighted by Gasteiger charge is 2.09. The molecule has 0 aliphatic carbocycles. The van der Waals surface area contributed by atoms with E-state index in [0.717, 1.165) is 17.8 Å². The van der Waals surface area contributed by atoms with Gasteiger partial charge in [-0.3, -0.25) is 4.79 Å². The third kappa shape index (κ3) is 2.04. The van der Waals surface area contributed by atoms with Crippen LogP contribution in [0.2, 0.25) is 0 Å². The Balaban J connectivity index is 2.52. The molecule has 0 spiro atoms. The van der Waals surface area contributed by atoms with Crippen LogP contribution in [0.4, 0.5) is 0 Å². The Bertz CT molecular complexity index is 502. The molecular weight excluding hydrogens is 218 g/mol. The minimum atomic E-state index is -0.190. The highest BCUT2D eigenvalue weighted by atomic mass is 32.1. The molecule has 0 aliphatic heterocycles. The second kappa shape index (κ2) is 4.58. The lowest BCUT2D eigenvalue weighted by Crippen LogP contribution is -1.94. The van der Waals surface area contributed by atoms with Gasteiger partial charge in [0.1, 0.15) is 0 Å². The fourth-order valence-corrected chi connectivity index (χ4v) is 1.86. The van der Waals surface area contributed by atoms with Gasteiger partial charge < -0.3 is 4.57 Å². The quantitative estimate of drug-likeness (QED) is 0.805. The Morgan fingerprint density at radius 1 is 1.31 bits per heavy atom. The molecule has 0 radical (unpaired) electrons. The fraction of sp³-hybridized carbons (Fsp3) is 0.154. The lowest BCUT2D eigenvalue weighted by molar-refractivity contribution is 0.109. The number of rotatable bonds is 3. The molecule has 2 aromatic rings. The first-order valence-corrected chi connectivity index (χ1v) is 5.66. The normalized spacial score (nSPS) is 10.4. The van der Waals surface area contributed by atoms with Crippen LogP contribution in [0.25, 0.3) is 11.3 Å². The van der Waals surface area contributed by atoms with Gasteiger partial charge in [-0.2, -0.15) is 0 Å². The number of nitrogens with zero attached hydrogens (tertiary/aromatic N) is 1. The molecule has 0 atom stereocenters. The van der Waals surface area contributed by atoms with Crippen molar-refractivity contribution >= 4 is 17.7 Å². The predicted molar refractivity (Wildman–Crippen MR) is 68.9 cm³/mol. The van der Waals surface area contributed by atoms with Crippen LogP contribution in [-0.2, 0) is 6.54 Å². The smallest absolute Gasteiger partial charge is 0.217 e. The molecule has 16 heavy (non-hydrogen) atoms. The summed E-state index contributed by atoms with van der Waals surface area (Å²) >= 11 is 3.85. The molecule has 0 aliphatic rings. The van der Waals surface area contributed by atoms with E-state index in [4.69, 9.17) is 0 Å². The van der Waals surface area contributed by atoms with Crippen LogP contribution in [0, 0.1) is 0 Å². The SMILES string of the molecule is CCn1cc(C(=O)S)cc1-c1ccccc1. The number of hydrogen-bond acceptors (Lipinski definition) is 1. The van der Waals surface area contributed by atoms with E-state index in [1.165, 1.54) is 0 Å². The summed E-state index contributed by atoms with van der Waals surface area (Å²) in [5, 5.41) is -0.190. The number of carbonyl (C=O) groups is 1. The maximum Gasteiger partial charge on any atom is 0.217 e. The number of carbonyl (C=O) groups excluding carboxylic acids is 1. The molecule has 2 nitrogen and oxygen atoms in total. The molecule has 3 heteroatoms. The molecule has 0 bridgehead atoms. The maximum absolute atomic E-state index is 11.2. The van der Waals surface area contributed by atoms with E-state index >= 15 is 0 Å². The van der Waals surface area contributed by atoms with Crippen molar-refractivity contribution in [3.05, 3.63) is 48.2 Å². The highest BCUT2D eigenvalue weighted by Crippen LogP contribution is 2.22. The Labute approximate surface area is 100 Å². The van der Waals surface area contributed by atoms with E-state index in [2.05, 4.69) is 24.1 Å². The van der Waals surface area contributed by atoms with Gasteiger partial charge in [-0.15, -0.1) is 12.6 Å². The largest absolute Gasteiger partial charge is 0.347 e. The van der Waals surface area contributed by atoms with Gasteiger partial charge in [0.2, 0.25) is 5.12 Å². The fourth-order valence-electron chi connectivity index (χ4n) is 1.74. The molecule has 2 rings (SSSR count). The topological polar surface area (TPSA) is 22.0 Å². The summed E-state index contributed by atoms with van der Waals surface area (Å²) in [6.07, 6.45) is 1.84. The minimum absolute atomic E-state index is 0.190. The van der Waals surface area contributed by atoms with Crippen LogP contribution in [0.15, 0.2) is 42.6 Å². The summed E-state index contributed by atoms with van der Waals surface area (Å²) in [7, 11) is 0. The van der Waals surface area contributed by atoms with Crippen molar-refractivity contribution in [1.82, 2.24) is 4.57 Å². The lowest BCUT2D eigenvalue weighted by atomic mass is 10.1. The van der Waals surface area contributed by atoms with Crippen LogP contribution < -0.4 is 0 Å². The highest BCUT2D eigenvalue weighted by molar-refractivity contribution is 7.97. The molecule has 1 heterocycles. The third-order valence-corrected chi connectivity index (χ3v) is 2.81. The Hall–Kier alpha value is -1.48. The zero-order valence-electron chi connectivity index (χ0n) is 9.05. The van der Waals surface area contributed by atoms with Gasteiger partial charge in [-0.25, -0.2) is 0 Å². The zero-order chi connectivity index (χ0) is 11.5. The number of aryl methyl sites for hydroxylation is 1. The summed E-state index contributed by atoms with van der Waals surface area (Å²) in [5.74, 6) is 0. The lowest BCUT2D eigenvalue weighted by Gasteiger charge is -2.05. The molecule has 0 fully saturated rings. The Kier molecular flexibility index (Phi) is 3.15. The molecule has 82 valence electrons. The molecule has 1 aromatic carbocycles. The zero-order valence-corrected chi connectivity index (χ0v) is 9.95. The number of thiol groups is 1. The Morgan fingerprint density at radius 3 is 2.56 bits per heavy atom. The van der Waals surface area contributed by atoms with Gasteiger partial charge in [-0.05, 0) is 18.6 Å². The Morgan fingerprint density at radius 2 is 2.00 bits per heavy atom. The van der Waals surface area contributed by atoms with Crippen LogP contribution in [0.3, 0.4) is 0 Å². The summed E-state index contributed by atoms with van der Waals surface area (Å²) in [6.45, 7) is 2.89. The molecule has 0 N–H and O–H groups in total. The van der Waals surface area contributed by atoms with Crippen LogP contribution in [0.1, 0.15) is 17.3 Å². The first-order valence-electron chi connectivity index (χ1n) is 5.21. The van der Waals surface area contributed by atoms with Crippen molar-refractivity contribution in [2.75, 3.05) is 0 Å². The maximum atomic E-state index is 11.2. The summed E-state index contributed by atoms with van der Waals surface area (Å²) in [4.78, 5) is 11.2. The van der Waals surface area contributed by atoms with E-state index in [9.17, 15) is 4.79 Å². The van der Waals surface area contributed by atoms with Crippen molar-refractivity contribution < 1.29 is 4.79 Å². The van der Waals surface area contributed by atoms with Crippen molar-refractivity contribution in [2.24, 2.45) is 0 Å². The second-order valence-corrected chi connectivity index (χ2v) is 3.98. The number of hydrogen-bond donors (Lipinski definition) is 1. The van der Waals surface area contributed by atoms with Gasteiger partial charge in [0.05, 0.1) is 0 Å².